The van der Waals surface area contributed by atoms with Crippen LogP contribution < -0.4 is 14.8 Å². The first kappa shape index (κ1) is 35.4. The van der Waals surface area contributed by atoms with Gasteiger partial charge in [0, 0.05) is 29.0 Å². The molecule has 1 aliphatic heterocycles. The maximum atomic E-state index is 12.5. The van der Waals surface area contributed by atoms with E-state index in [0.29, 0.717) is 23.1 Å². The summed E-state index contributed by atoms with van der Waals surface area (Å²) in [7, 11) is 0. The number of nitrogens with zero attached hydrogens (tertiary/aromatic N) is 1. The Balaban J connectivity index is 0.00000588. The number of ether oxygens (including phenoxy) is 2. The molecule has 1 heterocycles. The molecule has 1 N–H and O–H groups in total. The maximum Gasteiger partial charge on any atom is 0.262 e. The van der Waals surface area contributed by atoms with Crippen molar-refractivity contribution in [3.63, 3.8) is 0 Å². The third kappa shape index (κ3) is 14.3. The Morgan fingerprint density at radius 3 is 2.12 bits per heavy atom. The van der Waals surface area contributed by atoms with Gasteiger partial charge in [-0.3, -0.25) is 4.79 Å². The second-order valence-corrected chi connectivity index (χ2v) is 11.9. The number of carbonyl (C=O) groups excluding carboxylic acids is 1. The van der Waals surface area contributed by atoms with Gasteiger partial charge in [0.1, 0.15) is 0 Å². The molecule has 0 saturated heterocycles. The molecule has 2 aromatic rings. The Kier molecular flexibility index (Phi) is 18.1. The smallest absolute Gasteiger partial charge is 0.262 e. The fourth-order valence-corrected chi connectivity index (χ4v) is 5.79. The molecule has 1 aliphatic rings. The van der Waals surface area contributed by atoms with Gasteiger partial charge in [-0.05, 0) is 48.6 Å². The number of unbranched alkanes of at least 4 members (excludes halogenated alkanes) is 11. The van der Waals surface area contributed by atoms with Crippen LogP contribution in [-0.4, -0.2) is 29.9 Å². The van der Waals surface area contributed by atoms with Crippen LogP contribution in [0.3, 0.4) is 0 Å². The van der Waals surface area contributed by atoms with Crippen molar-refractivity contribution < 1.29 is 14.3 Å². The Morgan fingerprint density at radius 1 is 0.878 bits per heavy atom. The van der Waals surface area contributed by atoms with Crippen molar-refractivity contribution in [3.05, 3.63) is 64.2 Å². The van der Waals surface area contributed by atoms with Gasteiger partial charge in [-0.25, -0.2) is 0 Å². The molecule has 0 atom stereocenters. The maximum absolute atomic E-state index is 12.5. The predicted octanol–water partition coefficient (Wildman–Crippen LogP) is 10.4. The van der Waals surface area contributed by atoms with E-state index in [0.717, 1.165) is 31.0 Å². The van der Waals surface area contributed by atoms with Gasteiger partial charge >= 0.3 is 0 Å². The largest absolute Gasteiger partial charge is 0.490 e. The lowest BCUT2D eigenvalue weighted by molar-refractivity contribution is -0.118. The van der Waals surface area contributed by atoms with Crippen LogP contribution in [0.4, 0.5) is 5.69 Å². The number of hydrogen-bond acceptors (Lipinski definition) is 5. The average Bonchev–Trinajstić information content (AvgIpc) is 3.35. The molecule has 0 spiro atoms. The quantitative estimate of drug-likeness (QED) is 0.142. The summed E-state index contributed by atoms with van der Waals surface area (Å²) in [6, 6.07) is 13.2. The Bertz CT molecular complexity index is 1050. The lowest BCUT2D eigenvalue weighted by Crippen LogP contribution is -2.20. The molecule has 228 valence electrons. The summed E-state index contributed by atoms with van der Waals surface area (Å²) < 4.78 is 11.8. The molecule has 3 rings (SSSR count). The van der Waals surface area contributed by atoms with Gasteiger partial charge in [-0.1, -0.05) is 101 Å². The number of halogens is 2. The SMILES string of the molecule is Br.CCCCCCCCCCCCCCOc1cc(Cl)ccc1OCC(=O)Nc1ccc(CN2CSC=C2C)cc1. The van der Waals surface area contributed by atoms with Crippen LogP contribution >= 0.6 is 40.3 Å². The van der Waals surface area contributed by atoms with Gasteiger partial charge in [-0.15, -0.1) is 28.7 Å². The first-order valence-corrected chi connectivity index (χ1v) is 16.4. The standard InChI is InChI=1S/C33H47ClN2O3S.BrH/c1-3-4-5-6-7-8-9-10-11-12-13-14-21-38-32-22-29(34)17-20-31(32)39-24-33(37)35-30-18-15-28(16-19-30)23-36-26-40-25-27(36)2;/h15-20,22,25H,3-14,21,23-24,26H2,1-2H3,(H,35,37);1H. The van der Waals surface area contributed by atoms with Gasteiger partial charge < -0.3 is 19.7 Å². The van der Waals surface area contributed by atoms with Gasteiger partial charge in [-0.2, -0.15) is 0 Å². The molecule has 8 heteroatoms. The van der Waals surface area contributed by atoms with Crippen molar-refractivity contribution in [2.24, 2.45) is 0 Å². The zero-order valence-corrected chi connectivity index (χ0v) is 28.1. The van der Waals surface area contributed by atoms with E-state index in [1.165, 1.54) is 75.5 Å². The zero-order chi connectivity index (χ0) is 28.4. The lowest BCUT2D eigenvalue weighted by Gasteiger charge is -2.19. The number of amides is 1. The second-order valence-electron chi connectivity index (χ2n) is 10.6. The number of hydrogen-bond donors (Lipinski definition) is 1. The van der Waals surface area contributed by atoms with Crippen molar-refractivity contribution in [3.8, 4) is 11.5 Å². The van der Waals surface area contributed by atoms with E-state index >= 15 is 0 Å². The summed E-state index contributed by atoms with van der Waals surface area (Å²) in [5, 5.41) is 5.68. The Hall–Kier alpha value is -1.83. The lowest BCUT2D eigenvalue weighted by atomic mass is 10.1. The van der Waals surface area contributed by atoms with Crippen LogP contribution in [0, 0.1) is 0 Å². The van der Waals surface area contributed by atoms with Crippen molar-refractivity contribution in [1.82, 2.24) is 4.90 Å². The average molecular weight is 668 g/mol. The summed E-state index contributed by atoms with van der Waals surface area (Å²) in [4.78, 5) is 14.9. The molecule has 0 fully saturated rings. The summed E-state index contributed by atoms with van der Waals surface area (Å²) in [5.41, 5.74) is 3.25. The molecule has 1 amide bonds. The van der Waals surface area contributed by atoms with E-state index in [4.69, 9.17) is 21.1 Å². The molecular weight excluding hydrogens is 620 g/mol. The number of thioether (sulfide) groups is 1. The van der Waals surface area contributed by atoms with Crippen molar-refractivity contribution >= 4 is 51.9 Å². The highest BCUT2D eigenvalue weighted by Gasteiger charge is 2.13. The highest BCUT2D eigenvalue weighted by Crippen LogP contribution is 2.31. The van der Waals surface area contributed by atoms with E-state index in [1.54, 1.807) is 18.2 Å². The molecule has 41 heavy (non-hydrogen) atoms. The number of anilines is 1. The van der Waals surface area contributed by atoms with E-state index in [-0.39, 0.29) is 29.5 Å². The minimum absolute atomic E-state index is 0. The molecule has 2 aromatic carbocycles. The summed E-state index contributed by atoms with van der Waals surface area (Å²) >= 11 is 8.01. The first-order valence-electron chi connectivity index (χ1n) is 15.0. The van der Waals surface area contributed by atoms with Crippen molar-refractivity contribution in [1.29, 1.82) is 0 Å². The summed E-state index contributed by atoms with van der Waals surface area (Å²) in [6.07, 6.45) is 15.7. The van der Waals surface area contributed by atoms with Gasteiger partial charge in [0.25, 0.3) is 5.91 Å². The molecule has 0 saturated carbocycles. The van der Waals surface area contributed by atoms with Crippen LogP contribution in [0.5, 0.6) is 11.5 Å². The van der Waals surface area contributed by atoms with Gasteiger partial charge in [0.05, 0.1) is 12.5 Å². The second kappa shape index (κ2) is 21.0. The van der Waals surface area contributed by atoms with E-state index in [2.05, 4.69) is 29.5 Å². The molecule has 0 radical (unpaired) electrons. The zero-order valence-electron chi connectivity index (χ0n) is 24.8. The predicted molar refractivity (Wildman–Crippen MR) is 181 cm³/mol. The van der Waals surface area contributed by atoms with Crippen molar-refractivity contribution in [2.75, 3.05) is 24.4 Å². The fourth-order valence-electron chi connectivity index (χ4n) is 4.69. The number of nitrogens with one attached hydrogen (secondary N) is 1. The van der Waals surface area contributed by atoms with Crippen LogP contribution in [0.15, 0.2) is 53.6 Å². The van der Waals surface area contributed by atoms with E-state index < -0.39 is 0 Å². The van der Waals surface area contributed by atoms with Crippen LogP contribution in [0.2, 0.25) is 5.02 Å². The third-order valence-electron chi connectivity index (χ3n) is 7.11. The molecule has 0 aromatic heterocycles. The van der Waals surface area contributed by atoms with E-state index in [1.807, 2.05) is 36.0 Å². The molecule has 0 unspecified atom stereocenters. The minimum atomic E-state index is -0.218. The summed E-state index contributed by atoms with van der Waals surface area (Å²) in [6.45, 7) is 5.77. The normalized spacial score (nSPS) is 12.6. The first-order chi connectivity index (χ1) is 19.5. The molecule has 5 nitrogen and oxygen atoms in total. The number of rotatable bonds is 20. The number of carbonyl (C=O) groups is 1. The van der Waals surface area contributed by atoms with Crippen molar-refractivity contribution in [2.45, 2.75) is 97.4 Å². The van der Waals surface area contributed by atoms with E-state index in [9.17, 15) is 4.79 Å². The van der Waals surface area contributed by atoms with Crippen LogP contribution in [0.1, 0.15) is 96.5 Å². The summed E-state index contributed by atoms with van der Waals surface area (Å²) in [5.74, 6) is 1.87. The highest BCUT2D eigenvalue weighted by atomic mass is 79.9. The van der Waals surface area contributed by atoms with Gasteiger partial charge in [0.15, 0.2) is 18.1 Å². The van der Waals surface area contributed by atoms with Gasteiger partial charge in [0.2, 0.25) is 0 Å². The third-order valence-corrected chi connectivity index (χ3v) is 8.32. The Labute approximate surface area is 267 Å². The van der Waals surface area contributed by atoms with Crippen LogP contribution in [0.25, 0.3) is 0 Å². The highest BCUT2D eigenvalue weighted by molar-refractivity contribution is 8.93. The molecule has 0 aliphatic carbocycles. The molecule has 0 bridgehead atoms. The monoisotopic (exact) mass is 666 g/mol. The number of benzene rings is 2. The molecular formula is C33H48BrClN2O3S. The minimum Gasteiger partial charge on any atom is -0.490 e. The number of allylic oxidation sites excluding steroid dienone is 1. The van der Waals surface area contributed by atoms with Crippen LogP contribution in [-0.2, 0) is 11.3 Å². The topological polar surface area (TPSA) is 50.8 Å². The Morgan fingerprint density at radius 2 is 1.51 bits per heavy atom. The fraction of sp³-hybridized carbons (Fsp3) is 0.545.